The lowest BCUT2D eigenvalue weighted by Gasteiger charge is -2.34. The Balaban J connectivity index is 1.61. The second kappa shape index (κ2) is 18.8. The van der Waals surface area contributed by atoms with Crippen molar-refractivity contribution in [3.8, 4) is 11.1 Å². The molecule has 0 unspecified atom stereocenters. The Hall–Kier alpha value is -5.08. The predicted molar refractivity (Wildman–Crippen MR) is 203 cm³/mol. The minimum Gasteiger partial charge on any atom is -0.354 e. The van der Waals surface area contributed by atoms with Crippen LogP contribution in [0.15, 0.2) is 121 Å². The number of carbonyl (C=O) groups excluding carboxylic acids is 3. The molecule has 0 aliphatic carbocycles. The summed E-state index contributed by atoms with van der Waals surface area (Å²) < 4.78 is 13.8. The summed E-state index contributed by atoms with van der Waals surface area (Å²) in [6.45, 7) is 4.43. The Kier molecular flexibility index (Phi) is 14.3. The predicted octanol–water partition coefficient (Wildman–Crippen LogP) is 6.75. The fourth-order valence-corrected chi connectivity index (χ4v) is 6.01. The second-order valence-electron chi connectivity index (χ2n) is 13.2. The highest BCUT2D eigenvalue weighted by atomic mass is 19.1. The van der Waals surface area contributed by atoms with Crippen molar-refractivity contribution in [3.63, 3.8) is 0 Å². The van der Waals surface area contributed by atoms with E-state index in [4.69, 9.17) is 5.73 Å². The van der Waals surface area contributed by atoms with Crippen LogP contribution < -0.4 is 11.1 Å². The minimum absolute atomic E-state index is 0.169. The fourth-order valence-electron chi connectivity index (χ4n) is 6.01. The van der Waals surface area contributed by atoms with E-state index in [1.807, 2.05) is 98.8 Å². The Labute approximate surface area is 302 Å². The summed E-state index contributed by atoms with van der Waals surface area (Å²) in [5.74, 6) is -1.43. The van der Waals surface area contributed by atoms with Crippen LogP contribution in [0.2, 0.25) is 0 Å². The summed E-state index contributed by atoms with van der Waals surface area (Å²) in [7, 11) is 3.21. The van der Waals surface area contributed by atoms with Gasteiger partial charge in [0, 0.05) is 39.0 Å². The quantitative estimate of drug-likeness (QED) is 0.120. The fraction of sp³-hybridized carbons (Fsp3) is 0.326. The number of amides is 3. The molecule has 3 N–H and O–H groups in total. The summed E-state index contributed by atoms with van der Waals surface area (Å²) in [5.41, 5.74) is 10.8. The lowest BCUT2D eigenvalue weighted by molar-refractivity contribution is -0.146. The van der Waals surface area contributed by atoms with E-state index in [0.29, 0.717) is 24.9 Å². The number of carbonyl (C=O) groups is 3. The molecule has 268 valence electrons. The topological polar surface area (TPSA) is 95.7 Å². The molecule has 2 atom stereocenters. The van der Waals surface area contributed by atoms with Gasteiger partial charge in [0.25, 0.3) is 0 Å². The molecule has 0 aliphatic heterocycles. The molecular formula is C43H51FN4O3. The molecule has 0 saturated heterocycles. The molecule has 8 heteroatoms. The molecule has 0 heterocycles. The van der Waals surface area contributed by atoms with Crippen molar-refractivity contribution in [2.24, 2.45) is 5.73 Å². The third-order valence-electron chi connectivity index (χ3n) is 9.80. The molecule has 3 amide bonds. The zero-order valence-electron chi connectivity index (χ0n) is 30.2. The molecule has 7 nitrogen and oxygen atoms in total. The lowest BCUT2D eigenvalue weighted by Crippen LogP contribution is -2.56. The first-order chi connectivity index (χ1) is 24.5. The standard InChI is InChI=1S/C43H51FN4O3/c1-5-43(45,6-2)28-13-18-40(49)47(3)39(31-33-19-23-36(24-20-33)35-16-11-8-12-17-35)42(51)48(4)38(30-34-21-25-37(44)26-22-34)41(50)46-29-27-32-14-9-7-10-15-32/h7-26,38-39H,5-6,27-31,45H2,1-4H3,(H,46,50)/b18-13+/t38-,39-/m1/s1. The number of hydrogen-bond acceptors (Lipinski definition) is 4. The van der Waals surface area contributed by atoms with Gasteiger partial charge in [0.2, 0.25) is 17.7 Å². The van der Waals surface area contributed by atoms with Gasteiger partial charge in [-0.3, -0.25) is 14.4 Å². The van der Waals surface area contributed by atoms with E-state index in [-0.39, 0.29) is 36.4 Å². The van der Waals surface area contributed by atoms with E-state index in [9.17, 15) is 18.8 Å². The van der Waals surface area contributed by atoms with Crippen LogP contribution in [-0.4, -0.2) is 65.8 Å². The Morgan fingerprint density at radius 2 is 1.25 bits per heavy atom. The van der Waals surface area contributed by atoms with Crippen molar-refractivity contribution in [3.05, 3.63) is 144 Å². The highest BCUT2D eigenvalue weighted by molar-refractivity contribution is 5.95. The van der Waals surface area contributed by atoms with Crippen LogP contribution in [0.5, 0.6) is 0 Å². The van der Waals surface area contributed by atoms with Gasteiger partial charge in [0.15, 0.2) is 0 Å². The van der Waals surface area contributed by atoms with Gasteiger partial charge in [-0.2, -0.15) is 0 Å². The van der Waals surface area contributed by atoms with Gasteiger partial charge in [-0.15, -0.1) is 0 Å². The highest BCUT2D eigenvalue weighted by Gasteiger charge is 2.35. The van der Waals surface area contributed by atoms with Crippen LogP contribution in [-0.2, 0) is 33.6 Å². The summed E-state index contributed by atoms with van der Waals surface area (Å²) >= 11 is 0. The van der Waals surface area contributed by atoms with Gasteiger partial charge in [-0.05, 0) is 71.7 Å². The molecule has 4 aromatic carbocycles. The van der Waals surface area contributed by atoms with E-state index in [0.717, 1.165) is 35.1 Å². The number of benzene rings is 4. The first kappa shape index (κ1) is 38.7. The number of hydrogen-bond donors (Lipinski definition) is 2. The van der Waals surface area contributed by atoms with Crippen molar-refractivity contribution < 1.29 is 18.8 Å². The van der Waals surface area contributed by atoms with Gasteiger partial charge in [-0.25, -0.2) is 4.39 Å². The van der Waals surface area contributed by atoms with Crippen molar-refractivity contribution in [1.82, 2.24) is 15.1 Å². The summed E-state index contributed by atoms with van der Waals surface area (Å²) in [5, 5.41) is 3.00. The van der Waals surface area contributed by atoms with Crippen LogP contribution in [0, 0.1) is 5.82 Å². The van der Waals surface area contributed by atoms with Gasteiger partial charge in [0.05, 0.1) is 0 Å². The molecule has 0 saturated carbocycles. The van der Waals surface area contributed by atoms with E-state index in [1.54, 1.807) is 32.3 Å². The largest absolute Gasteiger partial charge is 0.354 e. The van der Waals surface area contributed by atoms with Crippen LogP contribution in [0.1, 0.15) is 49.8 Å². The zero-order chi connectivity index (χ0) is 36.8. The van der Waals surface area contributed by atoms with Gasteiger partial charge >= 0.3 is 0 Å². The normalized spacial score (nSPS) is 12.7. The SMILES string of the molecule is CCC(N)(CC)C/C=C/C(=O)N(C)[C@H](Cc1ccc(-c2ccccc2)cc1)C(=O)N(C)[C@H](Cc1ccc(F)cc1)C(=O)NCCc1ccccc1. The Morgan fingerprint density at radius 3 is 1.84 bits per heavy atom. The molecular weight excluding hydrogens is 639 g/mol. The highest BCUT2D eigenvalue weighted by Crippen LogP contribution is 2.22. The summed E-state index contributed by atoms with van der Waals surface area (Å²) in [6.07, 6.45) is 6.36. The number of nitrogens with zero attached hydrogens (tertiary/aromatic N) is 2. The first-order valence-corrected chi connectivity index (χ1v) is 17.7. The number of rotatable bonds is 17. The van der Waals surface area contributed by atoms with Crippen molar-refractivity contribution in [1.29, 1.82) is 0 Å². The molecule has 0 aromatic heterocycles. The maximum atomic E-state index is 14.5. The summed E-state index contributed by atoms with van der Waals surface area (Å²) in [6, 6.07) is 31.9. The maximum absolute atomic E-state index is 14.5. The summed E-state index contributed by atoms with van der Waals surface area (Å²) in [4.78, 5) is 44.8. The van der Waals surface area contributed by atoms with Crippen LogP contribution in [0.4, 0.5) is 4.39 Å². The maximum Gasteiger partial charge on any atom is 0.246 e. The molecule has 4 rings (SSSR count). The van der Waals surface area contributed by atoms with Crippen LogP contribution >= 0.6 is 0 Å². The van der Waals surface area contributed by atoms with Crippen LogP contribution in [0.3, 0.4) is 0 Å². The van der Waals surface area contributed by atoms with E-state index in [2.05, 4.69) is 5.32 Å². The Bertz CT molecular complexity index is 1720. The third kappa shape index (κ3) is 11.2. The Morgan fingerprint density at radius 1 is 0.725 bits per heavy atom. The molecule has 0 aliphatic rings. The number of likely N-dealkylation sites (N-methyl/N-ethyl adjacent to an activating group) is 2. The van der Waals surface area contributed by atoms with E-state index >= 15 is 0 Å². The van der Waals surface area contributed by atoms with Gasteiger partial charge < -0.3 is 20.9 Å². The number of nitrogens with two attached hydrogens (primary N) is 1. The number of halogens is 1. The van der Waals surface area contributed by atoms with Crippen molar-refractivity contribution >= 4 is 17.7 Å². The molecule has 0 radical (unpaired) electrons. The third-order valence-corrected chi connectivity index (χ3v) is 9.80. The van der Waals surface area contributed by atoms with E-state index < -0.39 is 17.6 Å². The second-order valence-corrected chi connectivity index (χ2v) is 13.2. The smallest absolute Gasteiger partial charge is 0.246 e. The van der Waals surface area contributed by atoms with Crippen molar-refractivity contribution in [2.45, 2.75) is 70.0 Å². The van der Waals surface area contributed by atoms with E-state index in [1.165, 1.54) is 28.0 Å². The number of nitrogens with one attached hydrogen (secondary N) is 1. The molecule has 0 fully saturated rings. The first-order valence-electron chi connectivity index (χ1n) is 17.7. The van der Waals surface area contributed by atoms with Crippen LogP contribution in [0.25, 0.3) is 11.1 Å². The minimum atomic E-state index is -0.914. The van der Waals surface area contributed by atoms with Crippen molar-refractivity contribution in [2.75, 3.05) is 20.6 Å². The molecule has 0 bridgehead atoms. The van der Waals surface area contributed by atoms with Gasteiger partial charge in [-0.1, -0.05) is 117 Å². The van der Waals surface area contributed by atoms with Gasteiger partial charge in [0.1, 0.15) is 17.9 Å². The average Bonchev–Trinajstić information content (AvgIpc) is 3.16. The molecule has 4 aromatic rings. The average molecular weight is 691 g/mol. The lowest BCUT2D eigenvalue weighted by atomic mass is 9.90. The molecule has 0 spiro atoms. The monoisotopic (exact) mass is 690 g/mol. The molecule has 51 heavy (non-hydrogen) atoms. The zero-order valence-corrected chi connectivity index (χ0v) is 30.2.